The highest BCUT2D eigenvalue weighted by Crippen LogP contribution is 2.36. The molecule has 0 amide bonds. The van der Waals surface area contributed by atoms with Crippen molar-refractivity contribution in [1.29, 1.82) is 0 Å². The van der Waals surface area contributed by atoms with E-state index in [2.05, 4.69) is 37.0 Å². The van der Waals surface area contributed by atoms with Gasteiger partial charge in [0, 0.05) is 12.6 Å². The lowest BCUT2D eigenvalue weighted by Gasteiger charge is -2.09. The Kier molecular flexibility index (Phi) is 4.84. The molecule has 0 spiro atoms. The minimum atomic E-state index is 0.282. The molecule has 2 aromatic rings. The highest BCUT2D eigenvalue weighted by atomic mass is 79.9. The zero-order chi connectivity index (χ0) is 13.8. The Morgan fingerprint density at radius 1 is 1.21 bits per heavy atom. The topological polar surface area (TPSA) is 70.5 Å². The Morgan fingerprint density at radius 3 is 2.53 bits per heavy atom. The first-order valence-electron chi connectivity index (χ1n) is 5.44. The van der Waals surface area contributed by atoms with E-state index in [4.69, 9.17) is 19.7 Å². The van der Waals surface area contributed by atoms with Gasteiger partial charge in [-0.05, 0) is 44.0 Å². The van der Waals surface area contributed by atoms with Gasteiger partial charge >= 0.3 is 0 Å². The van der Waals surface area contributed by atoms with Crippen LogP contribution in [0.3, 0.4) is 0 Å². The van der Waals surface area contributed by atoms with Gasteiger partial charge in [-0.25, -0.2) is 0 Å². The fraction of sp³-hybridized carbons (Fsp3) is 0.250. The van der Waals surface area contributed by atoms with Crippen molar-refractivity contribution in [2.45, 2.75) is 13.2 Å². The Morgan fingerprint density at radius 2 is 1.89 bits per heavy atom. The summed E-state index contributed by atoms with van der Waals surface area (Å²) < 4.78 is 17.5. The number of hydrogen-bond acceptors (Lipinski definition) is 5. The molecule has 102 valence electrons. The van der Waals surface area contributed by atoms with Crippen LogP contribution in [-0.4, -0.2) is 12.3 Å². The van der Waals surface area contributed by atoms with Crippen molar-refractivity contribution in [3.05, 3.63) is 38.6 Å². The van der Waals surface area contributed by atoms with Crippen molar-refractivity contribution in [3.8, 4) is 11.5 Å². The maximum absolute atomic E-state index is 5.65. The molecule has 1 aromatic heterocycles. The molecule has 2 rings (SSSR count). The van der Waals surface area contributed by atoms with Crippen molar-refractivity contribution in [2.24, 2.45) is 5.73 Å². The van der Waals surface area contributed by atoms with Gasteiger partial charge < -0.3 is 19.7 Å². The molecule has 2 N–H and O–H groups in total. The first kappa shape index (κ1) is 14.4. The van der Waals surface area contributed by atoms with Crippen LogP contribution in [0.15, 0.2) is 31.7 Å². The molecule has 0 aliphatic heterocycles. The average molecular weight is 392 g/mol. The monoisotopic (exact) mass is 390 g/mol. The molecule has 0 saturated heterocycles. The van der Waals surface area contributed by atoms with E-state index in [0.29, 0.717) is 23.7 Å². The van der Waals surface area contributed by atoms with Gasteiger partial charge in [0.15, 0.2) is 5.76 Å². The van der Waals surface area contributed by atoms with Crippen LogP contribution in [0.5, 0.6) is 11.5 Å². The van der Waals surface area contributed by atoms with E-state index in [1.807, 2.05) is 12.1 Å². The number of rotatable bonds is 5. The van der Waals surface area contributed by atoms with Crippen LogP contribution in [0.4, 0.5) is 0 Å². The molecule has 1 aromatic carbocycles. The second kappa shape index (κ2) is 6.40. The first-order chi connectivity index (χ1) is 9.13. The van der Waals surface area contributed by atoms with Crippen LogP contribution < -0.4 is 15.2 Å². The minimum absolute atomic E-state index is 0.282. The maximum atomic E-state index is 5.65. The maximum Gasteiger partial charge on any atom is 0.174 e. The highest BCUT2D eigenvalue weighted by molar-refractivity contribution is 9.11. The molecule has 7 heteroatoms. The zero-order valence-corrected chi connectivity index (χ0v) is 13.3. The van der Waals surface area contributed by atoms with Gasteiger partial charge in [0.1, 0.15) is 18.1 Å². The van der Waals surface area contributed by atoms with Crippen molar-refractivity contribution in [2.75, 3.05) is 7.11 Å². The van der Waals surface area contributed by atoms with Crippen molar-refractivity contribution < 1.29 is 14.0 Å². The van der Waals surface area contributed by atoms with E-state index < -0.39 is 0 Å². The van der Waals surface area contributed by atoms with E-state index in [0.717, 1.165) is 14.7 Å². The van der Waals surface area contributed by atoms with Gasteiger partial charge in [0.2, 0.25) is 0 Å². The van der Waals surface area contributed by atoms with Gasteiger partial charge in [0.25, 0.3) is 0 Å². The molecule has 0 radical (unpaired) electrons. The van der Waals surface area contributed by atoms with Gasteiger partial charge in [-0.2, -0.15) is 0 Å². The molecule has 1 heterocycles. The lowest BCUT2D eigenvalue weighted by atomic mass is 10.3. The molecular formula is C12H12Br2N2O3. The molecule has 0 atom stereocenters. The van der Waals surface area contributed by atoms with Gasteiger partial charge in [-0.3, -0.25) is 0 Å². The molecule has 0 aliphatic carbocycles. The summed E-state index contributed by atoms with van der Waals surface area (Å²) >= 11 is 6.83. The first-order valence-corrected chi connectivity index (χ1v) is 7.03. The third kappa shape index (κ3) is 3.49. The Balaban J connectivity index is 2.09. The molecule has 0 aliphatic rings. The lowest BCUT2D eigenvalue weighted by molar-refractivity contribution is 0.247. The number of nitrogens with two attached hydrogens (primary N) is 1. The standard InChI is InChI=1S/C12H12Br2N2O3/c1-17-11-3-10(14)12(4-9(11)13)18-6-8-2-7(5-15)16-19-8/h2-4H,5-6,15H2,1H3. The molecule has 0 fully saturated rings. The summed E-state index contributed by atoms with van der Waals surface area (Å²) in [6, 6.07) is 5.42. The number of ether oxygens (including phenoxy) is 2. The van der Waals surface area contributed by atoms with E-state index in [9.17, 15) is 0 Å². The second-order valence-electron chi connectivity index (χ2n) is 3.69. The van der Waals surface area contributed by atoms with Gasteiger partial charge in [-0.15, -0.1) is 0 Å². The number of aromatic nitrogens is 1. The molecule has 0 bridgehead atoms. The summed E-state index contributed by atoms with van der Waals surface area (Å²) in [5.41, 5.74) is 6.16. The second-order valence-corrected chi connectivity index (χ2v) is 5.40. The number of benzene rings is 1. The highest BCUT2D eigenvalue weighted by Gasteiger charge is 2.10. The van der Waals surface area contributed by atoms with Crippen LogP contribution >= 0.6 is 31.9 Å². The quantitative estimate of drug-likeness (QED) is 0.846. The van der Waals surface area contributed by atoms with E-state index in [1.165, 1.54) is 0 Å². The average Bonchev–Trinajstić information content (AvgIpc) is 2.87. The number of methoxy groups -OCH3 is 1. The third-order valence-electron chi connectivity index (χ3n) is 2.39. The fourth-order valence-corrected chi connectivity index (χ4v) is 2.37. The minimum Gasteiger partial charge on any atom is -0.496 e. The summed E-state index contributed by atoms with van der Waals surface area (Å²) in [6.45, 7) is 0.631. The fourth-order valence-electron chi connectivity index (χ4n) is 1.45. The normalized spacial score (nSPS) is 10.5. The lowest BCUT2D eigenvalue weighted by Crippen LogP contribution is -1.97. The summed E-state index contributed by atoms with van der Waals surface area (Å²) in [5.74, 6) is 2.03. The third-order valence-corrected chi connectivity index (χ3v) is 3.63. The van der Waals surface area contributed by atoms with Crippen molar-refractivity contribution in [3.63, 3.8) is 0 Å². The Labute approximate surface area is 127 Å². The van der Waals surface area contributed by atoms with Crippen LogP contribution in [-0.2, 0) is 13.2 Å². The Hall–Kier alpha value is -1.05. The number of hydrogen-bond donors (Lipinski definition) is 1. The summed E-state index contributed by atoms with van der Waals surface area (Å²) in [7, 11) is 1.61. The van der Waals surface area contributed by atoms with E-state index in [1.54, 1.807) is 13.2 Å². The van der Waals surface area contributed by atoms with E-state index >= 15 is 0 Å². The summed E-state index contributed by atoms with van der Waals surface area (Å²) in [5, 5.41) is 3.79. The number of nitrogens with zero attached hydrogens (tertiary/aromatic N) is 1. The van der Waals surface area contributed by atoms with Crippen LogP contribution in [0.2, 0.25) is 0 Å². The van der Waals surface area contributed by atoms with Crippen molar-refractivity contribution >= 4 is 31.9 Å². The van der Waals surface area contributed by atoms with Gasteiger partial charge in [0.05, 0.1) is 21.7 Å². The molecule has 19 heavy (non-hydrogen) atoms. The molecule has 0 saturated carbocycles. The number of halogens is 2. The predicted molar refractivity (Wildman–Crippen MR) is 77.1 cm³/mol. The molecular weight excluding hydrogens is 380 g/mol. The Bertz CT molecular complexity index is 572. The largest absolute Gasteiger partial charge is 0.496 e. The zero-order valence-electron chi connectivity index (χ0n) is 10.2. The van der Waals surface area contributed by atoms with Crippen LogP contribution in [0.1, 0.15) is 11.5 Å². The SMILES string of the molecule is COc1cc(Br)c(OCc2cc(CN)no2)cc1Br. The van der Waals surface area contributed by atoms with Crippen molar-refractivity contribution in [1.82, 2.24) is 5.16 Å². The molecule has 0 unspecified atom stereocenters. The predicted octanol–water partition coefficient (Wildman–Crippen LogP) is 3.25. The summed E-state index contributed by atoms with van der Waals surface area (Å²) in [6.07, 6.45) is 0. The summed E-state index contributed by atoms with van der Waals surface area (Å²) in [4.78, 5) is 0. The van der Waals surface area contributed by atoms with Gasteiger partial charge in [-0.1, -0.05) is 5.16 Å². The smallest absolute Gasteiger partial charge is 0.174 e. The van der Waals surface area contributed by atoms with E-state index in [-0.39, 0.29) is 6.61 Å². The van der Waals surface area contributed by atoms with Crippen LogP contribution in [0, 0.1) is 0 Å². The van der Waals surface area contributed by atoms with Crippen LogP contribution in [0.25, 0.3) is 0 Å². The molecule has 5 nitrogen and oxygen atoms in total.